The summed E-state index contributed by atoms with van der Waals surface area (Å²) in [4.78, 5) is 17.7. The second kappa shape index (κ2) is 8.46. The van der Waals surface area contributed by atoms with Gasteiger partial charge in [-0.05, 0) is 67.7 Å². The fourth-order valence-corrected chi connectivity index (χ4v) is 4.37. The molecule has 5 heteroatoms. The van der Waals surface area contributed by atoms with Crippen molar-refractivity contribution in [1.29, 1.82) is 0 Å². The summed E-state index contributed by atoms with van der Waals surface area (Å²) in [5, 5.41) is 0. The van der Waals surface area contributed by atoms with Crippen LogP contribution in [0.4, 0.5) is 8.78 Å². The van der Waals surface area contributed by atoms with Crippen LogP contribution in [-0.4, -0.2) is 35.3 Å². The molecule has 1 spiro atoms. The zero-order chi connectivity index (χ0) is 20.3. The molecule has 2 aromatic rings. The lowest BCUT2D eigenvalue weighted by Gasteiger charge is -2.42. The zero-order valence-corrected chi connectivity index (χ0v) is 16.5. The third-order valence-electron chi connectivity index (χ3n) is 6.16. The van der Waals surface area contributed by atoms with E-state index in [4.69, 9.17) is 0 Å². The number of carbonyl (C=O) groups is 1. The van der Waals surface area contributed by atoms with Crippen molar-refractivity contribution in [2.24, 2.45) is 5.41 Å². The van der Waals surface area contributed by atoms with Gasteiger partial charge < -0.3 is 4.90 Å². The van der Waals surface area contributed by atoms with Gasteiger partial charge in [0.1, 0.15) is 11.6 Å². The highest BCUT2D eigenvalue weighted by Crippen LogP contribution is 2.39. The average molecular weight is 396 g/mol. The molecular weight excluding hydrogens is 370 g/mol. The van der Waals surface area contributed by atoms with Crippen molar-refractivity contribution in [3.63, 3.8) is 0 Å². The zero-order valence-electron chi connectivity index (χ0n) is 16.5. The first kappa shape index (κ1) is 19.8. The van der Waals surface area contributed by atoms with Gasteiger partial charge in [0.25, 0.3) is 0 Å². The van der Waals surface area contributed by atoms with Gasteiger partial charge in [0.05, 0.1) is 5.41 Å². The van der Waals surface area contributed by atoms with Crippen molar-refractivity contribution in [1.82, 2.24) is 9.80 Å². The van der Waals surface area contributed by atoms with Gasteiger partial charge in [-0.3, -0.25) is 9.69 Å². The largest absolute Gasteiger partial charge is 0.334 e. The molecule has 0 aromatic heterocycles. The van der Waals surface area contributed by atoms with E-state index < -0.39 is 0 Å². The molecule has 0 aliphatic carbocycles. The van der Waals surface area contributed by atoms with Gasteiger partial charge in [-0.25, -0.2) is 8.78 Å². The molecule has 2 aromatic carbocycles. The van der Waals surface area contributed by atoms with Crippen LogP contribution in [0.2, 0.25) is 0 Å². The number of likely N-dealkylation sites (tertiary alicyclic amines) is 1. The van der Waals surface area contributed by atoms with Crippen LogP contribution in [0.25, 0.3) is 0 Å². The quantitative estimate of drug-likeness (QED) is 0.709. The maximum absolute atomic E-state index is 13.4. The Morgan fingerprint density at radius 1 is 0.793 bits per heavy atom. The first-order chi connectivity index (χ1) is 14.0. The summed E-state index contributed by atoms with van der Waals surface area (Å²) in [6.45, 7) is 3.57. The molecule has 3 nitrogen and oxygen atoms in total. The second-order valence-electron chi connectivity index (χ2n) is 8.17. The molecule has 0 atom stereocenters. The first-order valence-corrected chi connectivity index (χ1v) is 10.2. The minimum atomic E-state index is -0.355. The molecule has 1 fully saturated rings. The van der Waals surface area contributed by atoms with Gasteiger partial charge in [0.2, 0.25) is 5.91 Å². The third-order valence-corrected chi connectivity index (χ3v) is 6.16. The number of hydrogen-bond donors (Lipinski definition) is 0. The van der Waals surface area contributed by atoms with Crippen LogP contribution >= 0.6 is 0 Å². The Balaban J connectivity index is 1.41. The fourth-order valence-electron chi connectivity index (χ4n) is 4.37. The van der Waals surface area contributed by atoms with Crippen LogP contribution in [0.1, 0.15) is 30.4 Å². The average Bonchev–Trinajstić information content (AvgIpc) is 2.87. The summed E-state index contributed by atoms with van der Waals surface area (Å²) in [6.07, 6.45) is 6.62. The first-order valence-electron chi connectivity index (χ1n) is 10.2. The van der Waals surface area contributed by atoms with Gasteiger partial charge >= 0.3 is 0 Å². The summed E-state index contributed by atoms with van der Waals surface area (Å²) >= 11 is 0. The number of allylic oxidation sites excluding steroid dienone is 1. The molecule has 0 saturated carbocycles. The molecule has 1 saturated heterocycles. The third kappa shape index (κ3) is 4.56. The molecule has 4 rings (SSSR count). The summed E-state index contributed by atoms with van der Waals surface area (Å²) in [5.41, 5.74) is 1.68. The van der Waals surface area contributed by atoms with E-state index in [1.54, 1.807) is 12.1 Å². The lowest BCUT2D eigenvalue weighted by atomic mass is 9.74. The minimum absolute atomic E-state index is 0.202. The number of rotatable bonds is 4. The van der Waals surface area contributed by atoms with Crippen molar-refractivity contribution in [2.45, 2.75) is 32.4 Å². The number of piperidine rings is 1. The Bertz CT molecular complexity index is 869. The van der Waals surface area contributed by atoms with E-state index >= 15 is 0 Å². The predicted octanol–water partition coefficient (Wildman–Crippen LogP) is 4.54. The number of hydrogen-bond acceptors (Lipinski definition) is 2. The molecule has 152 valence electrons. The van der Waals surface area contributed by atoms with E-state index in [0.717, 1.165) is 50.0 Å². The number of amides is 1. The molecule has 0 unspecified atom stereocenters. The smallest absolute Gasteiger partial charge is 0.229 e. The standard InChI is InChI=1S/C24H26F2N2O/c25-21-7-3-19(4-8-21)17-27-15-12-24(13-16-27)11-1-2-14-28(23(24)29)18-20-5-9-22(26)10-6-20/h1-10H,11-18H2. The number of benzene rings is 2. The normalized spacial score (nSPS) is 19.5. The molecular formula is C24H26F2N2O. The van der Waals surface area contributed by atoms with E-state index in [0.29, 0.717) is 13.1 Å². The Morgan fingerprint density at radius 2 is 1.34 bits per heavy atom. The number of nitrogens with zero attached hydrogens (tertiary/aromatic N) is 2. The molecule has 2 heterocycles. The predicted molar refractivity (Wildman–Crippen MR) is 109 cm³/mol. The topological polar surface area (TPSA) is 23.6 Å². The van der Waals surface area contributed by atoms with Crippen LogP contribution in [0.3, 0.4) is 0 Å². The summed E-state index contributed by atoms with van der Waals surface area (Å²) in [5.74, 6) is -0.280. The molecule has 0 bridgehead atoms. The van der Waals surface area contributed by atoms with Crippen LogP contribution in [0.15, 0.2) is 60.7 Å². The van der Waals surface area contributed by atoms with Crippen molar-refractivity contribution in [2.75, 3.05) is 19.6 Å². The summed E-state index contributed by atoms with van der Waals surface area (Å²) < 4.78 is 26.3. The van der Waals surface area contributed by atoms with E-state index in [9.17, 15) is 13.6 Å². The molecule has 0 N–H and O–H groups in total. The van der Waals surface area contributed by atoms with Gasteiger partial charge in [0.15, 0.2) is 0 Å². The van der Waals surface area contributed by atoms with E-state index in [2.05, 4.69) is 17.1 Å². The molecule has 29 heavy (non-hydrogen) atoms. The molecule has 2 aliphatic rings. The Labute approximate surface area is 170 Å². The molecule has 1 amide bonds. The maximum atomic E-state index is 13.4. The summed E-state index contributed by atoms with van der Waals surface area (Å²) in [6, 6.07) is 13.0. The fraction of sp³-hybridized carbons (Fsp3) is 0.375. The van der Waals surface area contributed by atoms with Gasteiger partial charge in [-0.15, -0.1) is 0 Å². The Hall–Kier alpha value is -2.53. The van der Waals surface area contributed by atoms with Crippen molar-refractivity contribution >= 4 is 5.91 Å². The van der Waals surface area contributed by atoms with Crippen LogP contribution < -0.4 is 0 Å². The molecule has 2 aliphatic heterocycles. The highest BCUT2D eigenvalue weighted by molar-refractivity contribution is 5.83. The van der Waals surface area contributed by atoms with E-state index in [1.165, 1.54) is 24.3 Å². The SMILES string of the molecule is O=C1N(Cc2ccc(F)cc2)CC=CCC12CCN(Cc1ccc(F)cc1)CC2. The van der Waals surface area contributed by atoms with Gasteiger partial charge in [-0.2, -0.15) is 0 Å². The monoisotopic (exact) mass is 396 g/mol. The second-order valence-corrected chi connectivity index (χ2v) is 8.17. The minimum Gasteiger partial charge on any atom is -0.334 e. The van der Waals surface area contributed by atoms with E-state index in [1.807, 2.05) is 17.0 Å². The van der Waals surface area contributed by atoms with Gasteiger partial charge in [0, 0.05) is 19.6 Å². The maximum Gasteiger partial charge on any atom is 0.229 e. The van der Waals surface area contributed by atoms with Crippen LogP contribution in [-0.2, 0) is 17.9 Å². The lowest BCUT2D eigenvalue weighted by Crippen LogP contribution is -2.49. The van der Waals surface area contributed by atoms with Crippen LogP contribution in [0.5, 0.6) is 0 Å². The Kier molecular flexibility index (Phi) is 5.76. The summed E-state index contributed by atoms with van der Waals surface area (Å²) in [7, 11) is 0. The van der Waals surface area contributed by atoms with Crippen LogP contribution in [0, 0.1) is 17.0 Å². The van der Waals surface area contributed by atoms with Crippen molar-refractivity contribution < 1.29 is 13.6 Å². The van der Waals surface area contributed by atoms with E-state index in [-0.39, 0.29) is 23.0 Å². The Morgan fingerprint density at radius 3 is 1.93 bits per heavy atom. The molecule has 0 radical (unpaired) electrons. The van der Waals surface area contributed by atoms with Gasteiger partial charge in [-0.1, -0.05) is 36.4 Å². The highest BCUT2D eigenvalue weighted by Gasteiger charge is 2.43. The highest BCUT2D eigenvalue weighted by atomic mass is 19.1. The van der Waals surface area contributed by atoms with Crippen molar-refractivity contribution in [3.8, 4) is 0 Å². The number of halogens is 2. The number of carbonyl (C=O) groups excluding carboxylic acids is 1. The lowest BCUT2D eigenvalue weighted by molar-refractivity contribution is -0.144. The van der Waals surface area contributed by atoms with Crippen molar-refractivity contribution in [3.05, 3.63) is 83.4 Å².